The zero-order valence-corrected chi connectivity index (χ0v) is 4.15. The number of hydrogen-bond acceptors (Lipinski definition) is 1. The van der Waals surface area contributed by atoms with Gasteiger partial charge in [-0.1, -0.05) is 6.92 Å². The highest BCUT2D eigenvalue weighted by Gasteiger charge is 2.14. The molecule has 1 heteroatoms. The predicted molar refractivity (Wildman–Crippen MR) is 26.2 cm³/mol. The van der Waals surface area contributed by atoms with Crippen molar-refractivity contribution >= 4 is 0 Å². The molecule has 6 heavy (non-hydrogen) atoms. The van der Waals surface area contributed by atoms with Crippen LogP contribution < -0.4 is 0 Å². The van der Waals surface area contributed by atoms with Gasteiger partial charge in [-0.2, -0.15) is 0 Å². The molecular formula is C5H10N. The van der Waals surface area contributed by atoms with Crippen LogP contribution in [0.15, 0.2) is 0 Å². The lowest BCUT2D eigenvalue weighted by atomic mass is 10.5. The summed E-state index contributed by atoms with van der Waals surface area (Å²) in [5.41, 5.74) is 0. The molecule has 0 unspecified atom stereocenters. The maximum absolute atomic E-state index is 2.31. The normalized spacial score (nSPS) is 21.5. The van der Waals surface area contributed by atoms with Crippen LogP contribution in [0, 0.1) is 6.54 Å². The Morgan fingerprint density at radius 1 is 1.67 bits per heavy atom. The highest BCUT2D eigenvalue weighted by Crippen LogP contribution is 2.06. The van der Waals surface area contributed by atoms with Gasteiger partial charge in [-0.25, -0.2) is 0 Å². The van der Waals surface area contributed by atoms with Crippen LogP contribution in [0.2, 0.25) is 0 Å². The molecule has 0 aromatic rings. The topological polar surface area (TPSA) is 3.01 Å². The second-order valence-electron chi connectivity index (χ2n) is 1.63. The van der Waals surface area contributed by atoms with E-state index in [0.29, 0.717) is 0 Å². The Labute approximate surface area is 39.0 Å². The first kappa shape index (κ1) is 4.13. The van der Waals surface area contributed by atoms with E-state index < -0.39 is 0 Å². The highest BCUT2D eigenvalue weighted by atomic mass is 15.2. The van der Waals surface area contributed by atoms with Gasteiger partial charge >= 0.3 is 0 Å². The molecule has 0 aromatic heterocycles. The van der Waals surface area contributed by atoms with Gasteiger partial charge in [-0.15, -0.1) is 0 Å². The predicted octanol–water partition coefficient (Wildman–Crippen LogP) is 0.874. The molecule has 1 nitrogen and oxygen atoms in total. The average Bonchev–Trinajstić information content (AvgIpc) is 2.21. The third kappa shape index (κ3) is 0.977. The first-order valence-corrected chi connectivity index (χ1v) is 2.51. The molecule has 1 heterocycles. The summed E-state index contributed by atoms with van der Waals surface area (Å²) in [5.74, 6) is 0. The van der Waals surface area contributed by atoms with Crippen LogP contribution in [0.5, 0.6) is 0 Å². The number of nitrogens with zero attached hydrogens (tertiary/aromatic N) is 1. The quantitative estimate of drug-likeness (QED) is 0.449. The summed E-state index contributed by atoms with van der Waals surface area (Å²) in [4.78, 5) is 2.31. The molecule has 0 bridgehead atoms. The molecule has 0 N–H and O–H groups in total. The summed E-state index contributed by atoms with van der Waals surface area (Å²) < 4.78 is 0. The fraction of sp³-hybridized carbons (Fsp3) is 0.800. The van der Waals surface area contributed by atoms with Crippen molar-refractivity contribution in [2.45, 2.75) is 13.3 Å². The van der Waals surface area contributed by atoms with Gasteiger partial charge in [0, 0.05) is 19.6 Å². The van der Waals surface area contributed by atoms with E-state index in [1.807, 2.05) is 0 Å². The maximum Gasteiger partial charge on any atom is 0.0249 e. The summed E-state index contributed by atoms with van der Waals surface area (Å²) in [6.07, 6.45) is 1.19. The van der Waals surface area contributed by atoms with Crippen molar-refractivity contribution in [2.24, 2.45) is 0 Å². The lowest BCUT2D eigenvalue weighted by Gasteiger charge is -1.88. The molecule has 1 rings (SSSR count). The molecule has 0 atom stereocenters. The summed E-state index contributed by atoms with van der Waals surface area (Å²) in [6, 6.07) is 0. The van der Waals surface area contributed by atoms with Gasteiger partial charge < -0.3 is 0 Å². The Morgan fingerprint density at radius 3 is 2.50 bits per heavy atom. The largest absolute Gasteiger partial charge is 0.296 e. The standard InChI is InChI=1S/C5H10N/c1-2-3-6-4-5-6/h3H,2,4-5H2,1H3. The van der Waals surface area contributed by atoms with E-state index in [1.165, 1.54) is 19.5 Å². The van der Waals surface area contributed by atoms with Crippen molar-refractivity contribution < 1.29 is 0 Å². The fourth-order valence-corrected chi connectivity index (χ4v) is 0.499. The molecule has 0 aromatic carbocycles. The van der Waals surface area contributed by atoms with E-state index in [4.69, 9.17) is 0 Å². The first-order valence-electron chi connectivity index (χ1n) is 2.51. The molecule has 0 amide bonds. The van der Waals surface area contributed by atoms with Crippen LogP contribution in [0.25, 0.3) is 0 Å². The monoisotopic (exact) mass is 84.1 g/mol. The van der Waals surface area contributed by atoms with Crippen LogP contribution >= 0.6 is 0 Å². The lowest BCUT2D eigenvalue weighted by molar-refractivity contribution is 0.650. The summed E-state index contributed by atoms with van der Waals surface area (Å²) in [5, 5.41) is 0. The first-order chi connectivity index (χ1) is 2.93. The highest BCUT2D eigenvalue weighted by molar-refractivity contribution is 4.79. The Morgan fingerprint density at radius 2 is 2.33 bits per heavy atom. The Kier molecular flexibility index (Phi) is 1.10. The molecule has 0 saturated carbocycles. The van der Waals surface area contributed by atoms with E-state index in [1.54, 1.807) is 0 Å². The summed E-state index contributed by atoms with van der Waals surface area (Å²) in [7, 11) is 0. The van der Waals surface area contributed by atoms with Crippen molar-refractivity contribution in [1.82, 2.24) is 4.90 Å². The van der Waals surface area contributed by atoms with Crippen molar-refractivity contribution in [1.29, 1.82) is 0 Å². The van der Waals surface area contributed by atoms with Crippen molar-refractivity contribution in [3.63, 3.8) is 0 Å². The van der Waals surface area contributed by atoms with Gasteiger partial charge in [0.1, 0.15) is 0 Å². The van der Waals surface area contributed by atoms with Crippen molar-refractivity contribution in [3.05, 3.63) is 6.54 Å². The smallest absolute Gasteiger partial charge is 0.0249 e. The van der Waals surface area contributed by atoms with Gasteiger partial charge in [0.05, 0.1) is 0 Å². The minimum absolute atomic E-state index is 1.19. The fourth-order valence-electron chi connectivity index (χ4n) is 0.499. The SMILES string of the molecule is CC[CH]N1CC1. The minimum Gasteiger partial charge on any atom is -0.296 e. The van der Waals surface area contributed by atoms with Gasteiger partial charge in [-0.05, 0) is 6.42 Å². The zero-order valence-electron chi connectivity index (χ0n) is 4.15. The van der Waals surface area contributed by atoms with E-state index in [0.717, 1.165) is 0 Å². The molecule has 1 aliphatic rings. The van der Waals surface area contributed by atoms with Gasteiger partial charge in [0.15, 0.2) is 0 Å². The van der Waals surface area contributed by atoms with E-state index >= 15 is 0 Å². The number of rotatable bonds is 2. The van der Waals surface area contributed by atoms with Gasteiger partial charge in [-0.3, -0.25) is 4.90 Å². The molecule has 1 aliphatic heterocycles. The van der Waals surface area contributed by atoms with E-state index in [9.17, 15) is 0 Å². The molecule has 1 radical (unpaired) electrons. The third-order valence-corrected chi connectivity index (χ3v) is 0.923. The van der Waals surface area contributed by atoms with Crippen LogP contribution in [0.4, 0.5) is 0 Å². The maximum atomic E-state index is 2.31. The van der Waals surface area contributed by atoms with E-state index in [2.05, 4.69) is 18.4 Å². The molecule has 0 spiro atoms. The second-order valence-corrected chi connectivity index (χ2v) is 1.63. The Hall–Kier alpha value is -0.0400. The number of hydrogen-bond donors (Lipinski definition) is 0. The van der Waals surface area contributed by atoms with Crippen LogP contribution in [-0.4, -0.2) is 18.0 Å². The van der Waals surface area contributed by atoms with Gasteiger partial charge in [0.25, 0.3) is 0 Å². The molecule has 1 saturated heterocycles. The third-order valence-electron chi connectivity index (χ3n) is 0.923. The Balaban J connectivity index is 1.88. The lowest BCUT2D eigenvalue weighted by Crippen LogP contribution is -1.86. The molecule has 1 fully saturated rings. The average molecular weight is 84.1 g/mol. The van der Waals surface area contributed by atoms with E-state index in [-0.39, 0.29) is 0 Å². The van der Waals surface area contributed by atoms with Crippen LogP contribution in [-0.2, 0) is 0 Å². The molecule has 35 valence electrons. The Bertz CT molecular complexity index is 39.2. The van der Waals surface area contributed by atoms with Crippen LogP contribution in [0.3, 0.4) is 0 Å². The second kappa shape index (κ2) is 1.61. The van der Waals surface area contributed by atoms with Crippen molar-refractivity contribution in [3.8, 4) is 0 Å². The summed E-state index contributed by atoms with van der Waals surface area (Å²) in [6.45, 7) is 7.00. The molecule has 0 aliphatic carbocycles. The zero-order chi connectivity index (χ0) is 4.41. The van der Waals surface area contributed by atoms with Crippen LogP contribution in [0.1, 0.15) is 13.3 Å². The summed E-state index contributed by atoms with van der Waals surface area (Å²) >= 11 is 0. The minimum atomic E-state index is 1.19. The molecular weight excluding hydrogens is 74.1 g/mol. The van der Waals surface area contributed by atoms with Crippen molar-refractivity contribution in [2.75, 3.05) is 13.1 Å². The van der Waals surface area contributed by atoms with Gasteiger partial charge in [0.2, 0.25) is 0 Å².